The highest BCUT2D eigenvalue weighted by atomic mass is 35.5. The van der Waals surface area contributed by atoms with E-state index in [1.54, 1.807) is 60.7 Å². The van der Waals surface area contributed by atoms with Crippen molar-refractivity contribution in [3.63, 3.8) is 0 Å². The van der Waals surface area contributed by atoms with Crippen molar-refractivity contribution in [1.29, 1.82) is 0 Å². The number of hydrazine groups is 1. The number of aromatic amines is 1. The summed E-state index contributed by atoms with van der Waals surface area (Å²) < 4.78 is 70.7. The summed E-state index contributed by atoms with van der Waals surface area (Å²) in [7, 11) is -7.41. The highest BCUT2D eigenvalue weighted by molar-refractivity contribution is 7.91. The SMILES string of the molecule is CCC(C)(C)c1ccc(OCC(=O)Nc2cccc(C(=O)NC3=NN(c4c(Cl)cc(Cl)cc4Cl)C(=O)C3)c2)c(C(C)(C)CC)c1.Cc1[nH]n2c(CCCc3ccc(COc4ccc(S(=O)(=O)c5ccc(O)cc5)cc4)cc3)nnc2c1Cl.O=C1CC(=Nc2cc(COc3ccc(S(=O)(=O)c4ccc(O)cc4)cc3)ccc2Cl)NN1c1c(Cl)cc(Cl)cc1Cl. The highest BCUT2D eigenvalue weighted by Gasteiger charge is 2.34. The number of benzene rings is 10. The maximum atomic E-state index is 13.0. The molecule has 24 nitrogen and oxygen atoms in total. The minimum absolute atomic E-state index is 0.0154. The summed E-state index contributed by atoms with van der Waals surface area (Å²) in [6.07, 6.45) is 4.30. The van der Waals surface area contributed by atoms with E-state index < -0.39 is 31.5 Å². The number of sulfone groups is 2. The molecule has 123 heavy (non-hydrogen) atoms. The number of aromatic nitrogens is 4. The van der Waals surface area contributed by atoms with Crippen molar-refractivity contribution in [2.45, 2.75) is 137 Å². The smallest absolute Gasteiger partial charge is 0.262 e. The average molecular weight is 1860 g/mol. The van der Waals surface area contributed by atoms with E-state index in [0.29, 0.717) is 66.8 Å². The molecule has 0 unspecified atom stereocenters. The van der Waals surface area contributed by atoms with Gasteiger partial charge in [-0.3, -0.25) is 29.7 Å². The molecule has 1 saturated heterocycles. The number of amides is 4. The summed E-state index contributed by atoms with van der Waals surface area (Å²) in [4.78, 5) is 56.2. The second kappa shape index (κ2) is 39.3. The van der Waals surface area contributed by atoms with E-state index in [1.165, 1.54) is 119 Å². The maximum absolute atomic E-state index is 13.0. The molecule has 4 amide bonds. The largest absolute Gasteiger partial charge is 0.508 e. The maximum Gasteiger partial charge on any atom is 0.262 e. The van der Waals surface area contributed by atoms with Crippen LogP contribution in [0.25, 0.3) is 5.65 Å². The molecular formula is C89H81Cl8N11O13S2. The predicted octanol–water partition coefficient (Wildman–Crippen LogP) is 21.2. The van der Waals surface area contributed by atoms with Crippen molar-refractivity contribution in [3.8, 4) is 28.7 Å². The number of aliphatic imine (C=N–C) groups is 1. The van der Waals surface area contributed by atoms with Crippen LogP contribution >= 0.6 is 92.8 Å². The molecule has 10 aromatic carbocycles. The van der Waals surface area contributed by atoms with Crippen molar-refractivity contribution < 1.29 is 60.4 Å². The van der Waals surface area contributed by atoms with Crippen LogP contribution in [-0.2, 0) is 70.9 Å². The Bertz CT molecular complexity index is 6230. The standard InChI is InChI=1S/C34H37Cl3N4O4.C28H19Cl4N3O5S.C27H25ClN4O4S/c1-7-33(3,4)21-12-13-27(24(15-21)34(5,6)8-2)45-19-29(42)38-23-11-9-10-20(14-23)32(44)39-28-18-30(43)41(40-28)31-25(36)16-22(35)17-26(31)37;29-17-12-23(31)28(24(32)13-17)35-27(37)14-26(34-35)33-25-11-16(1-10-22(25)30)15-40-19-4-8-21(9-5-19)41(38,39)20-6-2-18(36)3-7-20;1-18-26(28)27-30-29-25(32(27)31-18)4-2-3-19-5-7-20(8-6-19)17-36-22-11-15-24(16-12-22)37(34,35)23-13-9-21(33)10-14-23/h9-17H,7-8,18-19H2,1-6H3,(H,38,42)(H,39,40,44);1-13,36H,14-15H2,(H,33,34);5-16,31,33H,2-4,17H2,1H3. The first-order valence-electron chi connectivity index (χ1n) is 38.3. The number of nitrogens with one attached hydrogen (secondary N) is 4. The average Bonchev–Trinajstić information content (AvgIpc) is 1.63. The number of hydrazone groups is 1. The van der Waals surface area contributed by atoms with Gasteiger partial charge in [0.05, 0.1) is 68.9 Å². The zero-order chi connectivity index (χ0) is 88.4. The van der Waals surface area contributed by atoms with Gasteiger partial charge in [-0.05, 0) is 223 Å². The van der Waals surface area contributed by atoms with Crippen molar-refractivity contribution >= 4 is 176 Å². The second-order valence-electron chi connectivity index (χ2n) is 29.8. The van der Waals surface area contributed by atoms with Gasteiger partial charge in [0.25, 0.3) is 23.6 Å². The lowest BCUT2D eigenvalue weighted by atomic mass is 9.76. The number of aryl methyl sites for hydroxylation is 3. The first-order chi connectivity index (χ1) is 58.5. The fourth-order valence-corrected chi connectivity index (χ4v) is 17.5. The number of hydrogen-bond donors (Lipinski definition) is 6. The van der Waals surface area contributed by atoms with Gasteiger partial charge >= 0.3 is 0 Å². The van der Waals surface area contributed by atoms with Gasteiger partial charge < -0.3 is 35.1 Å². The summed E-state index contributed by atoms with van der Waals surface area (Å²) in [5.74, 6) is 1.38. The molecule has 12 aromatic rings. The summed E-state index contributed by atoms with van der Waals surface area (Å²) in [6, 6.07) is 55.0. The molecule has 2 aliphatic heterocycles. The third kappa shape index (κ3) is 22.4. The number of anilines is 3. The van der Waals surface area contributed by atoms with Crippen LogP contribution in [-0.4, -0.2) is 88.8 Å². The third-order valence-corrected chi connectivity index (χ3v) is 26.3. The third-order valence-electron chi connectivity index (χ3n) is 20.3. The van der Waals surface area contributed by atoms with E-state index in [1.807, 2.05) is 29.6 Å². The van der Waals surface area contributed by atoms with Crippen LogP contribution in [0, 0.1) is 6.92 Å². The molecule has 34 heteroatoms. The predicted molar refractivity (Wildman–Crippen MR) is 482 cm³/mol. The number of phenolic OH excluding ortho intramolecular Hbond substituents is 2. The first kappa shape index (κ1) is 91.3. The molecule has 14 rings (SSSR count). The van der Waals surface area contributed by atoms with E-state index in [4.69, 9.17) is 107 Å². The zero-order valence-electron chi connectivity index (χ0n) is 67.1. The lowest BCUT2D eigenvalue weighted by Gasteiger charge is -2.30. The Morgan fingerprint density at radius 2 is 1.08 bits per heavy atom. The van der Waals surface area contributed by atoms with Crippen molar-refractivity contribution in [2.24, 2.45) is 10.1 Å². The van der Waals surface area contributed by atoms with Gasteiger partial charge in [-0.25, -0.2) is 31.4 Å². The quantitative estimate of drug-likeness (QED) is 0.0293. The number of halogens is 8. The monoisotopic (exact) mass is 1860 g/mol. The summed E-state index contributed by atoms with van der Waals surface area (Å²) >= 11 is 49.6. The topological polar surface area (TPSA) is 318 Å². The Balaban J connectivity index is 0.000000169. The molecule has 4 heterocycles. The van der Waals surface area contributed by atoms with Crippen LogP contribution in [0.3, 0.4) is 0 Å². The Labute approximate surface area is 750 Å². The highest BCUT2D eigenvalue weighted by Crippen LogP contribution is 2.42. The van der Waals surface area contributed by atoms with Crippen LogP contribution in [0.1, 0.15) is 123 Å². The number of aromatic hydroxyl groups is 2. The van der Waals surface area contributed by atoms with Crippen LogP contribution < -0.4 is 40.3 Å². The van der Waals surface area contributed by atoms with Gasteiger partial charge in [-0.1, -0.05) is 183 Å². The van der Waals surface area contributed by atoms with E-state index in [-0.39, 0.29) is 123 Å². The Hall–Kier alpha value is -10.9. The first-order valence-corrected chi connectivity index (χ1v) is 44.3. The van der Waals surface area contributed by atoms with E-state index in [9.17, 15) is 46.2 Å². The molecule has 0 spiro atoms. The second-order valence-corrected chi connectivity index (χ2v) is 37.0. The molecule has 0 saturated carbocycles. The van der Waals surface area contributed by atoms with Gasteiger partial charge in [-0.2, -0.15) is 10.1 Å². The number of ether oxygens (including phenoxy) is 3. The molecule has 0 bridgehead atoms. The van der Waals surface area contributed by atoms with E-state index >= 15 is 0 Å². The molecule has 0 aliphatic carbocycles. The molecule has 2 aromatic heterocycles. The number of carbonyl (C=O) groups excluding carboxylic acids is 4. The summed E-state index contributed by atoms with van der Waals surface area (Å²) in [5, 5.41) is 44.6. The number of hydrogen-bond acceptors (Lipinski definition) is 17. The fourth-order valence-electron chi connectivity index (χ4n) is 12.7. The molecule has 1 fully saturated rings. The van der Waals surface area contributed by atoms with Gasteiger partial charge in [0.1, 0.15) is 70.0 Å². The van der Waals surface area contributed by atoms with Gasteiger partial charge in [-0.15, -0.1) is 10.2 Å². The lowest BCUT2D eigenvalue weighted by molar-refractivity contribution is -0.118. The van der Waals surface area contributed by atoms with Gasteiger partial charge in [0.15, 0.2) is 18.1 Å². The number of amidine groups is 2. The summed E-state index contributed by atoms with van der Waals surface area (Å²) in [6.45, 7) is 15.3. The number of H-pyrrole nitrogens is 1. The van der Waals surface area contributed by atoms with Crippen LogP contribution in [0.4, 0.5) is 22.7 Å². The summed E-state index contributed by atoms with van der Waals surface area (Å²) in [5.41, 5.74) is 11.1. The van der Waals surface area contributed by atoms with Crippen molar-refractivity contribution in [1.82, 2.24) is 30.6 Å². The van der Waals surface area contributed by atoms with Crippen molar-refractivity contribution in [3.05, 3.63) is 291 Å². The Morgan fingerprint density at radius 1 is 0.553 bits per heavy atom. The Morgan fingerprint density at radius 3 is 1.64 bits per heavy atom. The number of fused-ring (bicyclic) bond motifs is 1. The number of rotatable bonds is 26. The molecule has 6 N–H and O–H groups in total. The van der Waals surface area contributed by atoms with Crippen LogP contribution in [0.15, 0.2) is 236 Å². The number of nitrogens with zero attached hydrogens (tertiary/aromatic N) is 7. The number of phenols is 2. The molecule has 0 radical (unpaired) electrons. The van der Waals surface area contributed by atoms with E-state index in [0.717, 1.165) is 65.3 Å². The Kier molecular flexibility index (Phi) is 29.2. The lowest BCUT2D eigenvalue weighted by Crippen LogP contribution is -2.36. The van der Waals surface area contributed by atoms with Crippen LogP contribution in [0.5, 0.6) is 28.7 Å². The molecule has 2 aliphatic rings. The van der Waals surface area contributed by atoms with Gasteiger partial charge in [0, 0.05) is 33.3 Å². The molecule has 0 atom stereocenters. The molecule has 638 valence electrons. The molecular weight excluding hydrogens is 1780 g/mol. The number of carbonyl (C=O) groups is 4. The van der Waals surface area contributed by atoms with Crippen molar-refractivity contribution in [2.75, 3.05) is 21.9 Å². The van der Waals surface area contributed by atoms with Gasteiger partial charge in [0.2, 0.25) is 19.7 Å². The fraction of sp³-hybridized carbons (Fsp3) is 0.213. The van der Waals surface area contributed by atoms with E-state index in [2.05, 4.69) is 107 Å². The normalized spacial score (nSPS) is 13.3. The minimum Gasteiger partial charge on any atom is -0.508 e. The minimum atomic E-state index is -3.74. The van der Waals surface area contributed by atoms with Crippen LogP contribution in [0.2, 0.25) is 40.2 Å². The zero-order valence-corrected chi connectivity index (χ0v) is 74.7.